The van der Waals surface area contributed by atoms with Crippen molar-refractivity contribution in [3.05, 3.63) is 63.7 Å². The first kappa shape index (κ1) is 19.1. The zero-order valence-electron chi connectivity index (χ0n) is 14.0. The Morgan fingerprint density at radius 1 is 1.22 bits per heavy atom. The average molecular weight is 411 g/mol. The van der Waals surface area contributed by atoms with E-state index in [0.29, 0.717) is 21.9 Å². The minimum atomic E-state index is -0.651. The van der Waals surface area contributed by atoms with Gasteiger partial charge in [0.25, 0.3) is 5.89 Å². The molecular weight excluding hydrogens is 398 g/mol. The number of hydrogen-bond acceptors (Lipinski definition) is 6. The van der Waals surface area contributed by atoms with Gasteiger partial charge in [-0.15, -0.1) is 0 Å². The van der Waals surface area contributed by atoms with Crippen LogP contribution in [0.4, 0.5) is 4.39 Å². The molecule has 6 nitrogen and oxygen atoms in total. The van der Waals surface area contributed by atoms with Crippen molar-refractivity contribution in [2.75, 3.05) is 6.61 Å². The average Bonchev–Trinajstić information content (AvgIpc) is 3.10. The highest BCUT2D eigenvalue weighted by atomic mass is 35.5. The Labute approximate surface area is 163 Å². The lowest BCUT2D eigenvalue weighted by Crippen LogP contribution is -2.15. The number of rotatable bonds is 6. The maximum Gasteiger partial charge on any atom is 0.344 e. The summed E-state index contributed by atoms with van der Waals surface area (Å²) in [5.74, 6) is -0.446. The van der Waals surface area contributed by atoms with Gasteiger partial charge in [-0.25, -0.2) is 9.18 Å². The zero-order valence-corrected chi connectivity index (χ0v) is 15.6. The van der Waals surface area contributed by atoms with E-state index in [1.54, 1.807) is 31.2 Å². The van der Waals surface area contributed by atoms with E-state index < -0.39 is 5.97 Å². The number of esters is 1. The van der Waals surface area contributed by atoms with Crippen LogP contribution in [0.3, 0.4) is 0 Å². The van der Waals surface area contributed by atoms with Gasteiger partial charge in [-0.3, -0.25) is 0 Å². The van der Waals surface area contributed by atoms with E-state index in [0.717, 1.165) is 0 Å². The van der Waals surface area contributed by atoms with Crippen LogP contribution in [0.15, 0.2) is 40.9 Å². The molecule has 140 valence electrons. The fraction of sp³-hybridized carbons (Fsp3) is 0.167. The van der Waals surface area contributed by atoms with Crippen LogP contribution in [0.5, 0.6) is 5.75 Å². The van der Waals surface area contributed by atoms with Gasteiger partial charge < -0.3 is 14.0 Å². The minimum Gasteiger partial charge on any atom is -0.480 e. The third kappa shape index (κ3) is 4.96. The van der Waals surface area contributed by atoms with Crippen molar-refractivity contribution < 1.29 is 23.2 Å². The first-order valence-electron chi connectivity index (χ1n) is 7.75. The summed E-state index contributed by atoms with van der Waals surface area (Å²) >= 11 is 11.7. The molecule has 0 bridgehead atoms. The summed E-state index contributed by atoms with van der Waals surface area (Å²) in [4.78, 5) is 15.8. The number of aryl methyl sites for hydroxylation is 1. The summed E-state index contributed by atoms with van der Waals surface area (Å²) in [6.07, 6.45) is 0. The van der Waals surface area contributed by atoms with E-state index in [9.17, 15) is 9.18 Å². The number of hydrogen-bond donors (Lipinski definition) is 0. The Hall–Kier alpha value is -2.64. The highest BCUT2D eigenvalue weighted by molar-refractivity contribution is 6.35. The second-order valence-electron chi connectivity index (χ2n) is 5.50. The molecule has 9 heteroatoms. The first-order chi connectivity index (χ1) is 12.9. The van der Waals surface area contributed by atoms with E-state index in [4.69, 9.17) is 37.2 Å². The summed E-state index contributed by atoms with van der Waals surface area (Å²) in [6, 6.07) is 9.21. The highest BCUT2D eigenvalue weighted by Crippen LogP contribution is 2.27. The van der Waals surface area contributed by atoms with Crippen molar-refractivity contribution in [2.24, 2.45) is 0 Å². The molecule has 0 radical (unpaired) electrons. The number of nitrogens with zero attached hydrogens (tertiary/aromatic N) is 2. The molecule has 0 saturated heterocycles. The van der Waals surface area contributed by atoms with E-state index >= 15 is 0 Å². The third-order valence-corrected chi connectivity index (χ3v) is 4.02. The van der Waals surface area contributed by atoms with Gasteiger partial charge in [0.15, 0.2) is 13.2 Å². The number of carbonyl (C=O) groups excluding carboxylic acids is 1. The fourth-order valence-electron chi connectivity index (χ4n) is 2.08. The van der Waals surface area contributed by atoms with Gasteiger partial charge in [0.2, 0.25) is 5.82 Å². The summed E-state index contributed by atoms with van der Waals surface area (Å²) in [5, 5.41) is 4.48. The molecule has 0 aliphatic rings. The van der Waals surface area contributed by atoms with Crippen molar-refractivity contribution >= 4 is 29.2 Å². The van der Waals surface area contributed by atoms with Crippen LogP contribution in [-0.2, 0) is 16.1 Å². The zero-order chi connectivity index (χ0) is 19.4. The molecule has 3 rings (SSSR count). The second-order valence-corrected chi connectivity index (χ2v) is 6.34. The van der Waals surface area contributed by atoms with Crippen LogP contribution >= 0.6 is 23.2 Å². The molecule has 0 atom stereocenters. The lowest BCUT2D eigenvalue weighted by molar-refractivity contribution is -0.148. The monoisotopic (exact) mass is 410 g/mol. The van der Waals surface area contributed by atoms with Gasteiger partial charge in [-0.05, 0) is 36.8 Å². The highest BCUT2D eigenvalue weighted by Gasteiger charge is 2.13. The van der Waals surface area contributed by atoms with E-state index in [2.05, 4.69) is 10.1 Å². The van der Waals surface area contributed by atoms with Crippen LogP contribution in [0.2, 0.25) is 10.0 Å². The first-order valence-corrected chi connectivity index (χ1v) is 8.50. The lowest BCUT2D eigenvalue weighted by Gasteiger charge is -2.07. The second kappa shape index (κ2) is 8.37. The summed E-state index contributed by atoms with van der Waals surface area (Å²) in [6.45, 7) is 1.06. The lowest BCUT2D eigenvalue weighted by atomic mass is 10.1. The summed E-state index contributed by atoms with van der Waals surface area (Å²) < 4.78 is 28.9. The fourth-order valence-corrected chi connectivity index (χ4v) is 2.54. The van der Waals surface area contributed by atoms with Gasteiger partial charge in [-0.2, -0.15) is 4.98 Å². The molecule has 0 unspecified atom stereocenters. The van der Waals surface area contributed by atoms with Crippen molar-refractivity contribution in [2.45, 2.75) is 13.5 Å². The number of aromatic nitrogens is 2. The number of carbonyl (C=O) groups is 1. The molecule has 1 heterocycles. The maximum absolute atomic E-state index is 13.6. The Kier molecular flexibility index (Phi) is 5.93. The Morgan fingerprint density at radius 2 is 2.04 bits per heavy atom. The van der Waals surface area contributed by atoms with Gasteiger partial charge in [-0.1, -0.05) is 40.5 Å². The molecule has 0 saturated carbocycles. The maximum atomic E-state index is 13.6. The molecule has 3 aromatic rings. The topological polar surface area (TPSA) is 74.5 Å². The predicted molar refractivity (Wildman–Crippen MR) is 96.2 cm³/mol. The Morgan fingerprint density at radius 3 is 2.78 bits per heavy atom. The van der Waals surface area contributed by atoms with Crippen molar-refractivity contribution in [3.8, 4) is 17.1 Å². The molecule has 0 spiro atoms. The number of halogens is 3. The van der Waals surface area contributed by atoms with Gasteiger partial charge in [0.1, 0.15) is 11.6 Å². The number of benzene rings is 2. The van der Waals surface area contributed by atoms with E-state index in [-0.39, 0.29) is 35.8 Å². The molecule has 0 N–H and O–H groups in total. The normalized spacial score (nSPS) is 10.7. The quantitative estimate of drug-likeness (QED) is 0.552. The van der Waals surface area contributed by atoms with Crippen LogP contribution in [0.25, 0.3) is 11.4 Å². The van der Waals surface area contributed by atoms with Gasteiger partial charge >= 0.3 is 5.97 Å². The van der Waals surface area contributed by atoms with E-state index in [1.807, 2.05) is 0 Å². The van der Waals surface area contributed by atoms with Crippen LogP contribution in [0, 0.1) is 12.7 Å². The molecule has 27 heavy (non-hydrogen) atoms. The molecule has 0 amide bonds. The van der Waals surface area contributed by atoms with Crippen LogP contribution in [0.1, 0.15) is 11.5 Å². The van der Waals surface area contributed by atoms with Crippen molar-refractivity contribution in [3.63, 3.8) is 0 Å². The molecule has 2 aromatic carbocycles. The minimum absolute atomic E-state index is 0.0730. The smallest absolute Gasteiger partial charge is 0.344 e. The molecular formula is C18H13Cl2FN2O4. The van der Waals surface area contributed by atoms with Crippen molar-refractivity contribution in [1.29, 1.82) is 0 Å². The number of ether oxygens (including phenoxy) is 2. The van der Waals surface area contributed by atoms with Crippen molar-refractivity contribution in [1.82, 2.24) is 10.1 Å². The Balaban J connectivity index is 1.53. The van der Waals surface area contributed by atoms with E-state index in [1.165, 1.54) is 12.1 Å². The largest absolute Gasteiger partial charge is 0.480 e. The van der Waals surface area contributed by atoms with Crippen LogP contribution < -0.4 is 4.74 Å². The molecule has 0 aliphatic heterocycles. The van der Waals surface area contributed by atoms with Gasteiger partial charge in [0.05, 0.1) is 5.02 Å². The summed E-state index contributed by atoms with van der Waals surface area (Å²) in [5.41, 5.74) is 0.970. The van der Waals surface area contributed by atoms with Gasteiger partial charge in [0, 0.05) is 10.6 Å². The summed E-state index contributed by atoms with van der Waals surface area (Å²) in [7, 11) is 0. The molecule has 0 fully saturated rings. The van der Waals surface area contributed by atoms with Crippen LogP contribution in [-0.4, -0.2) is 22.7 Å². The third-order valence-electron chi connectivity index (χ3n) is 3.49. The SMILES string of the molecule is Cc1ccc(-c2noc(COC(=O)COc3ccc(Cl)cc3Cl)n2)cc1F. The standard InChI is InChI=1S/C18H13Cl2FN2O4/c1-10-2-3-11(6-14(10)21)18-22-16(27-23-18)8-26-17(24)9-25-15-5-4-12(19)7-13(15)20/h2-7H,8-9H2,1H3. The predicted octanol–water partition coefficient (Wildman–Crippen LogP) is 4.61. The molecule has 1 aromatic heterocycles. The Bertz CT molecular complexity index is 978. The molecule has 0 aliphatic carbocycles.